The third kappa shape index (κ3) is 4.00. The number of furan rings is 1. The molecule has 124 valence electrons. The molecule has 1 aromatic carbocycles. The molecule has 0 amide bonds. The maximum atomic E-state index is 12.7. The van der Waals surface area contributed by atoms with Gasteiger partial charge in [0.25, 0.3) is 0 Å². The Balaban J connectivity index is 1.70. The van der Waals surface area contributed by atoms with E-state index < -0.39 is 11.7 Å². The van der Waals surface area contributed by atoms with Crippen LogP contribution in [0, 0.1) is 0 Å². The van der Waals surface area contributed by atoms with Crippen LogP contribution in [0.5, 0.6) is 0 Å². The van der Waals surface area contributed by atoms with Crippen molar-refractivity contribution in [3.05, 3.63) is 60.2 Å². The fourth-order valence-electron chi connectivity index (χ4n) is 1.93. The van der Waals surface area contributed by atoms with Crippen LogP contribution in [0.2, 0.25) is 0 Å². The Morgan fingerprint density at radius 1 is 1.12 bits per heavy atom. The first-order valence-electron chi connectivity index (χ1n) is 6.91. The van der Waals surface area contributed by atoms with Gasteiger partial charge in [0.2, 0.25) is 5.95 Å². The minimum atomic E-state index is -4.41. The number of rotatable bonds is 5. The first-order valence-corrected chi connectivity index (χ1v) is 6.91. The van der Waals surface area contributed by atoms with Crippen LogP contribution in [-0.2, 0) is 12.7 Å². The summed E-state index contributed by atoms with van der Waals surface area (Å²) in [6.07, 6.45) is -1.46. The van der Waals surface area contributed by atoms with Gasteiger partial charge < -0.3 is 15.1 Å². The van der Waals surface area contributed by atoms with Crippen LogP contribution in [-0.4, -0.2) is 15.2 Å². The Morgan fingerprint density at radius 2 is 2.00 bits per heavy atom. The van der Waals surface area contributed by atoms with Crippen LogP contribution in [0.1, 0.15) is 11.3 Å². The first kappa shape index (κ1) is 15.8. The van der Waals surface area contributed by atoms with Gasteiger partial charge in [0, 0.05) is 5.69 Å². The summed E-state index contributed by atoms with van der Waals surface area (Å²) in [5.41, 5.74) is -0.539. The fourth-order valence-corrected chi connectivity index (χ4v) is 1.93. The zero-order chi connectivity index (χ0) is 17.0. The molecule has 6 nitrogen and oxygen atoms in total. The largest absolute Gasteiger partial charge is 0.467 e. The quantitative estimate of drug-likeness (QED) is 0.738. The topological polar surface area (TPSA) is 75.9 Å². The smallest absolute Gasteiger partial charge is 0.416 e. The summed E-state index contributed by atoms with van der Waals surface area (Å²) >= 11 is 0. The number of benzene rings is 1. The molecular weight excluding hydrogens is 323 g/mol. The standard InChI is InChI=1S/C15H12F3N5O/c16-15(17,18)10-3-1-4-11(7-10)21-14-22-13(9-20-23-14)19-8-12-5-2-6-24-12/h1-7,9H,8H2,(H2,19,21,22,23). The van der Waals surface area contributed by atoms with Crippen molar-refractivity contribution >= 4 is 17.5 Å². The van der Waals surface area contributed by atoms with Gasteiger partial charge in [-0.15, -0.1) is 5.10 Å². The van der Waals surface area contributed by atoms with Crippen molar-refractivity contribution in [1.82, 2.24) is 15.2 Å². The van der Waals surface area contributed by atoms with Gasteiger partial charge in [0.15, 0.2) is 5.82 Å². The molecule has 9 heteroatoms. The molecule has 0 aliphatic heterocycles. The van der Waals surface area contributed by atoms with Crippen molar-refractivity contribution in [3.63, 3.8) is 0 Å². The maximum Gasteiger partial charge on any atom is 0.416 e. The van der Waals surface area contributed by atoms with Crippen molar-refractivity contribution in [2.75, 3.05) is 10.6 Å². The van der Waals surface area contributed by atoms with Gasteiger partial charge in [-0.3, -0.25) is 0 Å². The van der Waals surface area contributed by atoms with Crippen LogP contribution in [0.15, 0.2) is 53.3 Å². The van der Waals surface area contributed by atoms with E-state index in [9.17, 15) is 13.2 Å². The van der Waals surface area contributed by atoms with Crippen LogP contribution >= 0.6 is 0 Å². The van der Waals surface area contributed by atoms with Gasteiger partial charge in [-0.2, -0.15) is 23.3 Å². The molecule has 0 aliphatic rings. The number of nitrogens with one attached hydrogen (secondary N) is 2. The summed E-state index contributed by atoms with van der Waals surface area (Å²) in [7, 11) is 0. The molecule has 0 unspecified atom stereocenters. The molecule has 24 heavy (non-hydrogen) atoms. The van der Waals surface area contributed by atoms with E-state index in [4.69, 9.17) is 4.42 Å². The number of nitrogens with zero attached hydrogens (tertiary/aromatic N) is 3. The minimum Gasteiger partial charge on any atom is -0.467 e. The molecule has 2 heterocycles. The Bertz CT molecular complexity index is 805. The van der Waals surface area contributed by atoms with E-state index in [0.717, 1.165) is 12.1 Å². The van der Waals surface area contributed by atoms with Crippen LogP contribution < -0.4 is 10.6 Å². The predicted molar refractivity (Wildman–Crippen MR) is 80.6 cm³/mol. The molecule has 3 rings (SSSR count). The third-order valence-electron chi connectivity index (χ3n) is 3.03. The Hall–Kier alpha value is -3.10. The van der Waals surface area contributed by atoms with Gasteiger partial charge in [-0.05, 0) is 30.3 Å². The van der Waals surface area contributed by atoms with Crippen molar-refractivity contribution in [1.29, 1.82) is 0 Å². The normalized spacial score (nSPS) is 11.3. The molecule has 0 saturated heterocycles. The molecular formula is C15H12F3N5O. The molecule has 0 aliphatic carbocycles. The number of alkyl halides is 3. The molecule has 2 N–H and O–H groups in total. The highest BCUT2D eigenvalue weighted by Crippen LogP contribution is 2.31. The second kappa shape index (κ2) is 6.57. The van der Waals surface area contributed by atoms with Crippen molar-refractivity contribution in [3.8, 4) is 0 Å². The Morgan fingerprint density at radius 3 is 2.75 bits per heavy atom. The van der Waals surface area contributed by atoms with Crippen LogP contribution in [0.4, 0.5) is 30.6 Å². The number of hydrogen-bond donors (Lipinski definition) is 2. The summed E-state index contributed by atoms with van der Waals surface area (Å²) in [4.78, 5) is 4.14. The number of hydrogen-bond acceptors (Lipinski definition) is 6. The van der Waals surface area contributed by atoms with Crippen molar-refractivity contribution in [2.45, 2.75) is 12.7 Å². The molecule has 0 atom stereocenters. The van der Waals surface area contributed by atoms with E-state index in [1.54, 1.807) is 18.4 Å². The summed E-state index contributed by atoms with van der Waals surface area (Å²) in [6.45, 7) is 0.398. The molecule has 0 fully saturated rings. The first-order chi connectivity index (χ1) is 11.5. The van der Waals surface area contributed by atoms with Gasteiger partial charge >= 0.3 is 6.18 Å². The second-order valence-electron chi connectivity index (χ2n) is 4.80. The molecule has 0 saturated carbocycles. The predicted octanol–water partition coefficient (Wildman–Crippen LogP) is 3.84. The van der Waals surface area contributed by atoms with E-state index in [2.05, 4.69) is 25.8 Å². The van der Waals surface area contributed by atoms with Gasteiger partial charge in [0.05, 0.1) is 24.6 Å². The lowest BCUT2D eigenvalue weighted by Gasteiger charge is -2.10. The number of aromatic nitrogens is 3. The average Bonchev–Trinajstić information content (AvgIpc) is 3.06. The highest BCUT2D eigenvalue weighted by Gasteiger charge is 2.30. The molecule has 0 spiro atoms. The van der Waals surface area contributed by atoms with Crippen molar-refractivity contribution in [2.24, 2.45) is 0 Å². The lowest BCUT2D eigenvalue weighted by molar-refractivity contribution is -0.137. The summed E-state index contributed by atoms with van der Waals surface area (Å²) in [5.74, 6) is 1.20. The summed E-state index contributed by atoms with van der Waals surface area (Å²) in [6, 6.07) is 8.32. The summed E-state index contributed by atoms with van der Waals surface area (Å²) in [5, 5.41) is 13.2. The highest BCUT2D eigenvalue weighted by atomic mass is 19.4. The minimum absolute atomic E-state index is 0.0822. The lowest BCUT2D eigenvalue weighted by Crippen LogP contribution is -2.07. The van der Waals surface area contributed by atoms with Gasteiger partial charge in [-0.25, -0.2) is 0 Å². The van der Waals surface area contributed by atoms with E-state index in [1.165, 1.54) is 18.3 Å². The second-order valence-corrected chi connectivity index (χ2v) is 4.80. The van der Waals surface area contributed by atoms with E-state index in [1.807, 2.05) is 0 Å². The molecule has 0 radical (unpaired) electrons. The maximum absolute atomic E-state index is 12.7. The van der Waals surface area contributed by atoms with E-state index in [0.29, 0.717) is 18.1 Å². The Labute approximate surface area is 134 Å². The zero-order valence-electron chi connectivity index (χ0n) is 12.2. The highest BCUT2D eigenvalue weighted by molar-refractivity contribution is 5.55. The Kier molecular flexibility index (Phi) is 4.32. The zero-order valence-corrected chi connectivity index (χ0v) is 12.2. The average molecular weight is 335 g/mol. The SMILES string of the molecule is FC(F)(F)c1cccc(Nc2nncc(NCc3ccco3)n2)c1. The van der Waals surface area contributed by atoms with E-state index in [-0.39, 0.29) is 11.6 Å². The lowest BCUT2D eigenvalue weighted by atomic mass is 10.2. The summed E-state index contributed by atoms with van der Waals surface area (Å²) < 4.78 is 43.3. The van der Waals surface area contributed by atoms with Gasteiger partial charge in [-0.1, -0.05) is 6.07 Å². The fraction of sp³-hybridized carbons (Fsp3) is 0.133. The molecule has 3 aromatic rings. The molecule has 2 aromatic heterocycles. The van der Waals surface area contributed by atoms with Crippen molar-refractivity contribution < 1.29 is 17.6 Å². The van der Waals surface area contributed by atoms with Crippen LogP contribution in [0.25, 0.3) is 0 Å². The molecule has 0 bridgehead atoms. The van der Waals surface area contributed by atoms with Gasteiger partial charge in [0.1, 0.15) is 5.76 Å². The van der Waals surface area contributed by atoms with Crippen LogP contribution in [0.3, 0.4) is 0 Å². The number of anilines is 3. The van der Waals surface area contributed by atoms with E-state index >= 15 is 0 Å². The third-order valence-corrected chi connectivity index (χ3v) is 3.03. The monoisotopic (exact) mass is 335 g/mol. The number of halogens is 3.